The molecule has 0 aromatic heterocycles. The van der Waals surface area contributed by atoms with Crippen molar-refractivity contribution in [2.24, 2.45) is 5.92 Å². The van der Waals surface area contributed by atoms with E-state index in [2.05, 4.69) is 20.8 Å². The molecule has 2 aromatic rings. The van der Waals surface area contributed by atoms with Crippen LogP contribution in [-0.4, -0.2) is 41.5 Å². The SMILES string of the molecule is CCCCOc1ccc(C2/C(=C(/O)c3cccc(OCC(C)C)c3)C(=O)C(=O)N2CCC)cc1. The van der Waals surface area contributed by atoms with Crippen molar-refractivity contribution >= 4 is 17.4 Å². The smallest absolute Gasteiger partial charge is 0.295 e. The van der Waals surface area contributed by atoms with Crippen LogP contribution in [0.3, 0.4) is 0 Å². The number of likely N-dealkylation sites (tertiary alicyclic amines) is 1. The number of unbranched alkanes of at least 4 members (excludes halogenated alkanes) is 1. The van der Waals surface area contributed by atoms with Gasteiger partial charge < -0.3 is 19.5 Å². The lowest BCUT2D eigenvalue weighted by atomic mass is 9.95. The van der Waals surface area contributed by atoms with Crippen LogP contribution < -0.4 is 9.47 Å². The van der Waals surface area contributed by atoms with Crippen molar-refractivity contribution < 1.29 is 24.2 Å². The summed E-state index contributed by atoms with van der Waals surface area (Å²) in [5.41, 5.74) is 1.30. The third-order valence-electron chi connectivity index (χ3n) is 5.66. The fourth-order valence-corrected chi connectivity index (χ4v) is 3.93. The fraction of sp³-hybridized carbons (Fsp3) is 0.429. The van der Waals surface area contributed by atoms with E-state index in [0.717, 1.165) is 24.2 Å². The van der Waals surface area contributed by atoms with Gasteiger partial charge in [-0.3, -0.25) is 9.59 Å². The van der Waals surface area contributed by atoms with E-state index in [4.69, 9.17) is 9.47 Å². The van der Waals surface area contributed by atoms with Crippen LogP contribution in [0.5, 0.6) is 11.5 Å². The standard InChI is InChI=1S/C28H35NO5/c1-5-7-16-33-22-13-11-20(12-14-22)25-24(27(31)28(32)29(25)15-6-2)26(30)21-9-8-10-23(17-21)34-18-19(3)4/h8-14,17,19,25,30H,5-7,15-16,18H2,1-4H3/b26-24-. The summed E-state index contributed by atoms with van der Waals surface area (Å²) in [6.45, 7) is 9.76. The highest BCUT2D eigenvalue weighted by Crippen LogP contribution is 2.40. The van der Waals surface area contributed by atoms with Crippen molar-refractivity contribution in [2.45, 2.75) is 53.0 Å². The summed E-state index contributed by atoms with van der Waals surface area (Å²) in [4.78, 5) is 27.5. The summed E-state index contributed by atoms with van der Waals surface area (Å²) >= 11 is 0. The van der Waals surface area contributed by atoms with Crippen LogP contribution in [0.4, 0.5) is 0 Å². The molecular formula is C28H35NO5. The molecule has 0 radical (unpaired) electrons. The minimum atomic E-state index is -0.673. The number of ether oxygens (including phenoxy) is 2. The molecule has 1 N–H and O–H groups in total. The lowest BCUT2D eigenvalue weighted by molar-refractivity contribution is -0.139. The monoisotopic (exact) mass is 465 g/mol. The Labute approximate surface area is 202 Å². The molecule has 1 saturated heterocycles. The van der Waals surface area contributed by atoms with Gasteiger partial charge in [-0.15, -0.1) is 0 Å². The van der Waals surface area contributed by atoms with Crippen LogP contribution in [0.2, 0.25) is 0 Å². The van der Waals surface area contributed by atoms with Crippen molar-refractivity contribution in [3.63, 3.8) is 0 Å². The lowest BCUT2D eigenvalue weighted by Crippen LogP contribution is -2.30. The van der Waals surface area contributed by atoms with Gasteiger partial charge in [-0.05, 0) is 48.6 Å². The van der Waals surface area contributed by atoms with Crippen molar-refractivity contribution in [2.75, 3.05) is 19.8 Å². The molecule has 6 heteroatoms. The maximum atomic E-state index is 13.1. The number of Topliss-reactive ketones (excluding diaryl/α,β-unsaturated/α-hetero) is 1. The van der Waals surface area contributed by atoms with Gasteiger partial charge in [0.2, 0.25) is 0 Å². The third kappa shape index (κ3) is 5.79. The summed E-state index contributed by atoms with van der Waals surface area (Å²) < 4.78 is 11.5. The van der Waals surface area contributed by atoms with Crippen LogP contribution in [0, 0.1) is 5.92 Å². The zero-order valence-corrected chi connectivity index (χ0v) is 20.5. The lowest BCUT2D eigenvalue weighted by Gasteiger charge is -2.25. The van der Waals surface area contributed by atoms with Crippen molar-refractivity contribution in [1.29, 1.82) is 0 Å². The molecule has 1 amide bonds. The van der Waals surface area contributed by atoms with Crippen molar-refractivity contribution in [3.05, 3.63) is 65.2 Å². The van der Waals surface area contributed by atoms with Crippen LogP contribution in [-0.2, 0) is 9.59 Å². The molecule has 34 heavy (non-hydrogen) atoms. The van der Waals surface area contributed by atoms with Crippen LogP contribution in [0.1, 0.15) is 64.1 Å². The van der Waals surface area contributed by atoms with E-state index in [1.807, 2.05) is 37.3 Å². The van der Waals surface area contributed by atoms with Gasteiger partial charge in [0, 0.05) is 12.1 Å². The van der Waals surface area contributed by atoms with Gasteiger partial charge in [-0.25, -0.2) is 0 Å². The molecule has 3 rings (SSSR count). The van der Waals surface area contributed by atoms with E-state index < -0.39 is 17.7 Å². The molecule has 1 aliphatic rings. The first-order valence-corrected chi connectivity index (χ1v) is 12.1. The number of carbonyl (C=O) groups excluding carboxylic acids is 2. The van der Waals surface area contributed by atoms with Gasteiger partial charge in [0.15, 0.2) is 0 Å². The van der Waals surface area contributed by atoms with Gasteiger partial charge in [0.1, 0.15) is 17.3 Å². The topological polar surface area (TPSA) is 76.1 Å². The first-order chi connectivity index (χ1) is 16.4. The Bertz CT molecular complexity index is 1030. The van der Waals surface area contributed by atoms with Gasteiger partial charge in [0.25, 0.3) is 11.7 Å². The molecule has 0 bridgehead atoms. The molecule has 0 spiro atoms. The highest BCUT2D eigenvalue weighted by Gasteiger charge is 2.45. The largest absolute Gasteiger partial charge is 0.507 e. The summed E-state index contributed by atoms with van der Waals surface area (Å²) in [6.07, 6.45) is 2.71. The second-order valence-electron chi connectivity index (χ2n) is 9.00. The Morgan fingerprint density at radius 3 is 2.38 bits per heavy atom. The maximum Gasteiger partial charge on any atom is 0.295 e. The Balaban J connectivity index is 2.00. The van der Waals surface area contributed by atoms with E-state index in [9.17, 15) is 14.7 Å². The zero-order chi connectivity index (χ0) is 24.7. The van der Waals surface area contributed by atoms with E-state index in [1.54, 1.807) is 23.1 Å². The zero-order valence-electron chi connectivity index (χ0n) is 20.5. The number of aliphatic hydroxyl groups excluding tert-OH is 1. The molecule has 6 nitrogen and oxygen atoms in total. The number of carbonyl (C=O) groups is 2. The number of rotatable bonds is 11. The highest BCUT2D eigenvalue weighted by atomic mass is 16.5. The molecule has 1 atom stereocenters. The van der Waals surface area contributed by atoms with Gasteiger partial charge in [-0.1, -0.05) is 58.4 Å². The predicted octanol–water partition coefficient (Wildman–Crippen LogP) is 5.73. The third-order valence-corrected chi connectivity index (χ3v) is 5.66. The minimum absolute atomic E-state index is 0.0964. The Hall–Kier alpha value is -3.28. The fourth-order valence-electron chi connectivity index (χ4n) is 3.93. The van der Waals surface area contributed by atoms with Gasteiger partial charge in [-0.2, -0.15) is 0 Å². The van der Waals surface area contributed by atoms with Crippen LogP contribution >= 0.6 is 0 Å². The average molecular weight is 466 g/mol. The molecule has 182 valence electrons. The maximum absolute atomic E-state index is 13.1. The summed E-state index contributed by atoms with van der Waals surface area (Å²) in [5, 5.41) is 11.2. The quantitative estimate of drug-likeness (QED) is 0.198. The van der Waals surface area contributed by atoms with Gasteiger partial charge in [0.05, 0.1) is 24.8 Å². The number of hydrogen-bond donors (Lipinski definition) is 1. The Morgan fingerprint density at radius 2 is 1.74 bits per heavy atom. The van der Waals surface area contributed by atoms with Crippen LogP contribution in [0.25, 0.3) is 5.76 Å². The summed E-state index contributed by atoms with van der Waals surface area (Å²) in [7, 11) is 0. The number of hydrogen-bond acceptors (Lipinski definition) is 5. The van der Waals surface area contributed by atoms with Crippen LogP contribution in [0.15, 0.2) is 54.1 Å². The number of aliphatic hydroxyl groups is 1. The first kappa shape index (κ1) is 25.3. The van der Waals surface area contributed by atoms with Crippen molar-refractivity contribution in [1.82, 2.24) is 4.90 Å². The molecule has 0 aliphatic carbocycles. The summed E-state index contributed by atoms with van der Waals surface area (Å²) in [6, 6.07) is 13.7. The predicted molar refractivity (Wildman–Crippen MR) is 133 cm³/mol. The number of benzene rings is 2. The minimum Gasteiger partial charge on any atom is -0.507 e. The van der Waals surface area contributed by atoms with Gasteiger partial charge >= 0.3 is 0 Å². The number of amides is 1. The molecule has 1 aliphatic heterocycles. The molecule has 2 aromatic carbocycles. The van der Waals surface area contributed by atoms with E-state index in [0.29, 0.717) is 43.4 Å². The van der Waals surface area contributed by atoms with E-state index >= 15 is 0 Å². The molecule has 1 fully saturated rings. The molecular weight excluding hydrogens is 430 g/mol. The second-order valence-corrected chi connectivity index (χ2v) is 9.00. The number of ketones is 1. The molecule has 1 heterocycles. The highest BCUT2D eigenvalue weighted by molar-refractivity contribution is 6.46. The van der Waals surface area contributed by atoms with Crippen molar-refractivity contribution in [3.8, 4) is 11.5 Å². The van der Waals surface area contributed by atoms with E-state index in [1.165, 1.54) is 0 Å². The Morgan fingerprint density at radius 1 is 1.00 bits per heavy atom. The summed E-state index contributed by atoms with van der Waals surface area (Å²) in [5.74, 6) is 0.229. The first-order valence-electron chi connectivity index (χ1n) is 12.1. The van der Waals surface area contributed by atoms with E-state index in [-0.39, 0.29) is 11.3 Å². The molecule has 0 saturated carbocycles. The average Bonchev–Trinajstić information content (AvgIpc) is 3.08. The number of nitrogens with zero attached hydrogens (tertiary/aromatic N) is 1. The second kappa shape index (κ2) is 11.7. The Kier molecular flexibility index (Phi) is 8.74. The molecule has 1 unspecified atom stereocenters. The normalized spacial score (nSPS) is 17.4.